The van der Waals surface area contributed by atoms with Crippen molar-refractivity contribution in [2.24, 2.45) is 0 Å². The maximum absolute atomic E-state index is 12.4. The third-order valence-corrected chi connectivity index (χ3v) is 5.72. The van der Waals surface area contributed by atoms with Crippen molar-refractivity contribution in [3.05, 3.63) is 40.2 Å². The first kappa shape index (κ1) is 21.2. The molecule has 0 saturated carbocycles. The van der Waals surface area contributed by atoms with Crippen LogP contribution in [0.25, 0.3) is 0 Å². The van der Waals surface area contributed by atoms with Gasteiger partial charge < -0.3 is 20.7 Å². The van der Waals surface area contributed by atoms with E-state index in [9.17, 15) is 9.59 Å². The topological polar surface area (TPSA) is 115 Å². The number of carbonyl (C=O) groups excluding carboxylic acids is 1. The zero-order valence-corrected chi connectivity index (χ0v) is 17.4. The number of H-pyrrole nitrogens is 1. The lowest BCUT2D eigenvalue weighted by Gasteiger charge is -2.23. The molecular formula is C20H28N5O3S+. The van der Waals surface area contributed by atoms with Crippen molar-refractivity contribution < 1.29 is 14.4 Å². The van der Waals surface area contributed by atoms with Crippen molar-refractivity contribution >= 4 is 29.2 Å². The predicted octanol–water partition coefficient (Wildman–Crippen LogP) is 1.16. The number of benzene rings is 1. The number of hydrogen-bond donors (Lipinski definition) is 4. The number of nitrogen functional groups attached to an aromatic ring is 1. The average Bonchev–Trinajstić information content (AvgIpc) is 2.72. The largest absolute Gasteiger partial charge is 0.494 e. The van der Waals surface area contributed by atoms with E-state index in [1.54, 1.807) is 29.2 Å². The van der Waals surface area contributed by atoms with E-state index in [1.165, 1.54) is 44.1 Å². The number of nitrogens with one attached hydrogen (secondary N) is 3. The van der Waals surface area contributed by atoms with Crippen LogP contribution in [0.4, 0.5) is 11.5 Å². The van der Waals surface area contributed by atoms with Crippen LogP contribution < -0.4 is 26.2 Å². The van der Waals surface area contributed by atoms with Crippen molar-refractivity contribution in [2.75, 3.05) is 43.0 Å². The van der Waals surface area contributed by atoms with Gasteiger partial charge in [0.15, 0.2) is 11.0 Å². The molecule has 1 amide bonds. The number of quaternary nitrogens is 1. The normalized spacial score (nSPS) is 14.5. The zero-order valence-electron chi connectivity index (χ0n) is 16.6. The van der Waals surface area contributed by atoms with Crippen molar-refractivity contribution in [3.63, 3.8) is 0 Å². The molecule has 1 aromatic heterocycles. The van der Waals surface area contributed by atoms with Crippen LogP contribution in [-0.2, 0) is 0 Å². The first-order valence-electron chi connectivity index (χ1n) is 9.97. The molecule has 1 aliphatic rings. The van der Waals surface area contributed by atoms with Crippen LogP contribution in [-0.4, -0.2) is 47.9 Å². The molecule has 5 N–H and O–H groups in total. The van der Waals surface area contributed by atoms with E-state index in [0.29, 0.717) is 23.1 Å². The van der Waals surface area contributed by atoms with E-state index in [2.05, 4.69) is 15.3 Å². The number of carbonyl (C=O) groups is 1. The summed E-state index contributed by atoms with van der Waals surface area (Å²) in [5.41, 5.74) is 5.85. The van der Waals surface area contributed by atoms with Crippen LogP contribution in [0.1, 0.15) is 36.5 Å². The Morgan fingerprint density at radius 3 is 2.66 bits per heavy atom. The van der Waals surface area contributed by atoms with Gasteiger partial charge in [0, 0.05) is 5.56 Å². The van der Waals surface area contributed by atoms with Crippen LogP contribution >= 0.6 is 11.8 Å². The second-order valence-electron chi connectivity index (χ2n) is 6.95. The maximum Gasteiger partial charge on any atom is 0.277 e. The number of piperidine rings is 1. The molecule has 2 aromatic rings. The molecular weight excluding hydrogens is 390 g/mol. The Morgan fingerprint density at radius 1 is 1.28 bits per heavy atom. The summed E-state index contributed by atoms with van der Waals surface area (Å²) in [5, 5.41) is 3.03. The maximum atomic E-state index is 12.4. The first-order valence-corrected chi connectivity index (χ1v) is 11.0. The molecule has 0 unspecified atom stereocenters. The summed E-state index contributed by atoms with van der Waals surface area (Å²) in [6.45, 7) is 5.89. The highest BCUT2D eigenvalue weighted by Gasteiger charge is 2.16. The van der Waals surface area contributed by atoms with Gasteiger partial charge in [-0.2, -0.15) is 0 Å². The Balaban J connectivity index is 1.59. The number of aromatic nitrogens is 2. The highest BCUT2D eigenvalue weighted by atomic mass is 32.2. The van der Waals surface area contributed by atoms with Gasteiger partial charge in [-0.25, -0.2) is 4.98 Å². The van der Waals surface area contributed by atoms with Gasteiger partial charge in [0.05, 0.1) is 32.0 Å². The molecule has 8 nitrogen and oxygen atoms in total. The van der Waals surface area contributed by atoms with Gasteiger partial charge in [-0.05, 0) is 50.5 Å². The fourth-order valence-electron chi connectivity index (χ4n) is 3.31. The molecule has 156 valence electrons. The van der Waals surface area contributed by atoms with E-state index in [-0.39, 0.29) is 11.5 Å². The van der Waals surface area contributed by atoms with Crippen molar-refractivity contribution in [3.8, 4) is 5.75 Å². The van der Waals surface area contributed by atoms with Gasteiger partial charge in [-0.3, -0.25) is 14.6 Å². The van der Waals surface area contributed by atoms with Crippen LogP contribution in [0.5, 0.6) is 5.75 Å². The van der Waals surface area contributed by atoms with Crippen molar-refractivity contribution in [1.82, 2.24) is 9.97 Å². The summed E-state index contributed by atoms with van der Waals surface area (Å²) in [4.78, 5) is 33.4. The van der Waals surface area contributed by atoms with Gasteiger partial charge in [0.1, 0.15) is 11.4 Å². The minimum Gasteiger partial charge on any atom is -0.494 e. The van der Waals surface area contributed by atoms with Gasteiger partial charge >= 0.3 is 0 Å². The van der Waals surface area contributed by atoms with Crippen molar-refractivity contribution in [1.29, 1.82) is 0 Å². The molecule has 2 heterocycles. The monoisotopic (exact) mass is 418 g/mol. The predicted molar refractivity (Wildman–Crippen MR) is 115 cm³/mol. The molecule has 1 aromatic carbocycles. The number of ether oxygens (including phenoxy) is 1. The Hall–Kier alpha value is -2.52. The summed E-state index contributed by atoms with van der Waals surface area (Å²) >= 11 is 1.48. The van der Waals surface area contributed by atoms with E-state index in [4.69, 9.17) is 10.5 Å². The number of rotatable bonds is 8. The standard InChI is InChI=1S/C20H27N5O3S/c1-2-28-15-8-6-14(7-9-15)18(26)22-16-17(21)23-20(24-19(16)27)29-13-12-25-10-4-3-5-11-25/h6-9H,2-5,10-13H2,1H3,(H,22,26)(H3,21,23,24,27)/p+1. The minimum absolute atomic E-state index is 0.0147. The molecule has 0 radical (unpaired) electrons. The van der Waals surface area contributed by atoms with Gasteiger partial charge in [0.2, 0.25) is 0 Å². The summed E-state index contributed by atoms with van der Waals surface area (Å²) in [5.74, 6) is 1.12. The van der Waals surface area contributed by atoms with E-state index >= 15 is 0 Å². The minimum atomic E-state index is -0.454. The number of nitrogens with zero attached hydrogens (tertiary/aromatic N) is 1. The fraction of sp³-hybridized carbons (Fsp3) is 0.450. The summed E-state index contributed by atoms with van der Waals surface area (Å²) in [6, 6.07) is 6.67. The van der Waals surface area contributed by atoms with E-state index in [0.717, 1.165) is 12.3 Å². The Kier molecular flexibility index (Phi) is 7.54. The van der Waals surface area contributed by atoms with E-state index < -0.39 is 11.5 Å². The number of nitrogens with two attached hydrogens (primary N) is 1. The number of aromatic amines is 1. The second kappa shape index (κ2) is 10.3. The second-order valence-corrected chi connectivity index (χ2v) is 8.04. The lowest BCUT2D eigenvalue weighted by atomic mass is 10.1. The molecule has 3 rings (SSSR count). The number of likely N-dealkylation sites (tertiary alicyclic amines) is 1. The summed E-state index contributed by atoms with van der Waals surface area (Å²) in [7, 11) is 0. The average molecular weight is 419 g/mol. The quantitative estimate of drug-likeness (QED) is 0.378. The highest BCUT2D eigenvalue weighted by molar-refractivity contribution is 7.99. The molecule has 1 saturated heterocycles. The number of amides is 1. The molecule has 29 heavy (non-hydrogen) atoms. The molecule has 1 fully saturated rings. The molecule has 0 aliphatic carbocycles. The lowest BCUT2D eigenvalue weighted by molar-refractivity contribution is -0.902. The number of thioether (sulfide) groups is 1. The Labute approximate surface area is 174 Å². The third kappa shape index (κ3) is 5.98. The SMILES string of the molecule is CCOc1ccc(C(=O)Nc2c(N)nc(SCC[NH+]3CCCCC3)[nH]c2=O)cc1. The van der Waals surface area contributed by atoms with Crippen LogP contribution in [0, 0.1) is 0 Å². The number of hydrogen-bond acceptors (Lipinski definition) is 6. The molecule has 0 bridgehead atoms. The van der Waals surface area contributed by atoms with E-state index in [1.807, 2.05) is 6.92 Å². The summed E-state index contributed by atoms with van der Waals surface area (Å²) in [6.07, 6.45) is 3.89. The van der Waals surface area contributed by atoms with Gasteiger partial charge in [-0.1, -0.05) is 11.8 Å². The van der Waals surface area contributed by atoms with Crippen LogP contribution in [0.3, 0.4) is 0 Å². The zero-order chi connectivity index (χ0) is 20.6. The Bertz CT molecular complexity index is 879. The van der Waals surface area contributed by atoms with Gasteiger partial charge in [0.25, 0.3) is 11.5 Å². The lowest BCUT2D eigenvalue weighted by Crippen LogP contribution is -3.13. The van der Waals surface area contributed by atoms with Gasteiger partial charge in [-0.15, -0.1) is 0 Å². The molecule has 9 heteroatoms. The first-order chi connectivity index (χ1) is 14.1. The Morgan fingerprint density at radius 2 is 2.00 bits per heavy atom. The highest BCUT2D eigenvalue weighted by Crippen LogP contribution is 2.18. The summed E-state index contributed by atoms with van der Waals surface area (Å²) < 4.78 is 5.36. The molecule has 1 aliphatic heterocycles. The molecule has 0 atom stereocenters. The molecule has 0 spiro atoms. The van der Waals surface area contributed by atoms with Crippen LogP contribution in [0.15, 0.2) is 34.2 Å². The van der Waals surface area contributed by atoms with Crippen LogP contribution in [0.2, 0.25) is 0 Å². The number of anilines is 2. The smallest absolute Gasteiger partial charge is 0.277 e. The van der Waals surface area contributed by atoms with Crippen molar-refractivity contribution in [2.45, 2.75) is 31.3 Å². The fourth-order valence-corrected chi connectivity index (χ4v) is 4.22. The third-order valence-electron chi connectivity index (χ3n) is 4.85.